The van der Waals surface area contributed by atoms with Crippen LogP contribution < -0.4 is 10.5 Å². The second-order valence-corrected chi connectivity index (χ2v) is 8.13. The number of rotatable bonds is 6. The van der Waals surface area contributed by atoms with E-state index in [-0.39, 0.29) is 29.3 Å². The Morgan fingerprint density at radius 1 is 1.19 bits per heavy atom. The van der Waals surface area contributed by atoms with Gasteiger partial charge in [-0.1, -0.05) is 18.2 Å². The van der Waals surface area contributed by atoms with Crippen molar-refractivity contribution in [2.45, 2.75) is 31.7 Å². The highest BCUT2D eigenvalue weighted by Gasteiger charge is 2.22. The maximum absolute atomic E-state index is 12.7. The van der Waals surface area contributed by atoms with Crippen LogP contribution in [0.25, 0.3) is 0 Å². The SMILES string of the molecule is Cc1cccc(NS(=O)(=O)c2ccc(C)c(C(=O)N(C)C(C)CN)c2)c1.Cl. The standard InChI is InChI=1S/C19H25N3O3S.ClH/c1-13-6-5-7-16(10-13)21-26(24,25)17-9-8-14(2)18(11-17)19(23)22(4)15(3)12-20;/h5-11,15,21H,12,20H2,1-4H3;1H. The Morgan fingerprint density at radius 2 is 1.85 bits per heavy atom. The Balaban J connectivity index is 0.00000364. The first kappa shape index (κ1) is 23.0. The van der Waals surface area contributed by atoms with E-state index in [1.807, 2.05) is 19.9 Å². The zero-order valence-electron chi connectivity index (χ0n) is 15.9. The third-order valence-corrected chi connectivity index (χ3v) is 5.72. The van der Waals surface area contributed by atoms with Crippen molar-refractivity contribution in [3.63, 3.8) is 0 Å². The Labute approximate surface area is 167 Å². The summed E-state index contributed by atoms with van der Waals surface area (Å²) in [5, 5.41) is 0. The smallest absolute Gasteiger partial charge is 0.261 e. The van der Waals surface area contributed by atoms with Gasteiger partial charge in [0.2, 0.25) is 0 Å². The average Bonchev–Trinajstić information content (AvgIpc) is 2.59. The number of benzene rings is 2. The predicted molar refractivity (Wildman–Crippen MR) is 111 cm³/mol. The van der Waals surface area contributed by atoms with Crippen molar-refractivity contribution in [1.29, 1.82) is 0 Å². The fourth-order valence-corrected chi connectivity index (χ4v) is 3.54. The number of likely N-dealkylation sites (N-methyl/N-ethyl adjacent to an activating group) is 1. The molecule has 8 heteroatoms. The van der Waals surface area contributed by atoms with E-state index in [4.69, 9.17) is 5.73 Å². The minimum absolute atomic E-state index is 0. The number of nitrogens with two attached hydrogens (primary N) is 1. The molecule has 1 amide bonds. The lowest BCUT2D eigenvalue weighted by molar-refractivity contribution is 0.0747. The highest BCUT2D eigenvalue weighted by Crippen LogP contribution is 2.21. The van der Waals surface area contributed by atoms with Crippen LogP contribution >= 0.6 is 12.4 Å². The van der Waals surface area contributed by atoms with Gasteiger partial charge < -0.3 is 10.6 Å². The van der Waals surface area contributed by atoms with Gasteiger partial charge in [0.15, 0.2) is 0 Å². The normalized spacial score (nSPS) is 12.0. The van der Waals surface area contributed by atoms with Crippen LogP contribution in [0.1, 0.15) is 28.4 Å². The highest BCUT2D eigenvalue weighted by atomic mass is 35.5. The maximum Gasteiger partial charge on any atom is 0.261 e. The zero-order valence-corrected chi connectivity index (χ0v) is 17.5. The molecule has 1 atom stereocenters. The number of nitrogens with zero attached hydrogens (tertiary/aromatic N) is 1. The minimum atomic E-state index is -3.80. The van der Waals surface area contributed by atoms with Crippen LogP contribution in [-0.2, 0) is 10.0 Å². The first-order chi connectivity index (χ1) is 12.2. The molecule has 6 nitrogen and oxygen atoms in total. The van der Waals surface area contributed by atoms with E-state index < -0.39 is 10.0 Å². The summed E-state index contributed by atoms with van der Waals surface area (Å²) in [4.78, 5) is 14.3. The summed E-state index contributed by atoms with van der Waals surface area (Å²) in [6, 6.07) is 11.5. The Hall–Kier alpha value is -2.09. The fourth-order valence-electron chi connectivity index (χ4n) is 2.47. The number of aryl methyl sites for hydroxylation is 2. The van der Waals surface area contributed by atoms with Gasteiger partial charge in [-0.15, -0.1) is 12.4 Å². The molecule has 2 rings (SSSR count). The first-order valence-corrected chi connectivity index (χ1v) is 9.81. The summed E-state index contributed by atoms with van der Waals surface area (Å²) < 4.78 is 28.0. The van der Waals surface area contributed by atoms with Gasteiger partial charge in [-0.25, -0.2) is 8.42 Å². The van der Waals surface area contributed by atoms with Crippen LogP contribution in [0.5, 0.6) is 0 Å². The van der Waals surface area contributed by atoms with Gasteiger partial charge in [0.25, 0.3) is 15.9 Å². The molecule has 3 N–H and O–H groups in total. The van der Waals surface area contributed by atoms with Gasteiger partial charge in [0.05, 0.1) is 4.90 Å². The van der Waals surface area contributed by atoms with Gasteiger partial charge in [0, 0.05) is 30.9 Å². The van der Waals surface area contributed by atoms with E-state index in [9.17, 15) is 13.2 Å². The molecule has 0 fully saturated rings. The van der Waals surface area contributed by atoms with Crippen molar-refractivity contribution in [1.82, 2.24) is 4.90 Å². The molecule has 0 saturated carbocycles. The topological polar surface area (TPSA) is 92.5 Å². The van der Waals surface area contributed by atoms with Crippen LogP contribution in [-0.4, -0.2) is 38.9 Å². The number of sulfonamides is 1. The van der Waals surface area contributed by atoms with Crippen LogP contribution in [0.2, 0.25) is 0 Å². The summed E-state index contributed by atoms with van der Waals surface area (Å²) in [7, 11) is -2.14. The quantitative estimate of drug-likeness (QED) is 0.764. The molecule has 2 aromatic rings. The molecule has 0 spiro atoms. The van der Waals surface area contributed by atoms with Crippen LogP contribution in [0, 0.1) is 13.8 Å². The third kappa shape index (κ3) is 5.45. The van der Waals surface area contributed by atoms with E-state index in [1.54, 1.807) is 38.2 Å². The molecule has 2 aromatic carbocycles. The van der Waals surface area contributed by atoms with E-state index in [0.29, 0.717) is 23.4 Å². The molecule has 27 heavy (non-hydrogen) atoms. The van der Waals surface area contributed by atoms with Gasteiger partial charge in [-0.2, -0.15) is 0 Å². The van der Waals surface area contributed by atoms with Gasteiger partial charge in [0.1, 0.15) is 0 Å². The molecule has 0 aliphatic rings. The number of hydrogen-bond donors (Lipinski definition) is 2. The summed E-state index contributed by atoms with van der Waals surface area (Å²) in [5.41, 5.74) is 8.11. The number of halogens is 1. The zero-order chi connectivity index (χ0) is 19.5. The first-order valence-electron chi connectivity index (χ1n) is 8.33. The van der Waals surface area contributed by atoms with E-state index in [1.165, 1.54) is 17.0 Å². The summed E-state index contributed by atoms with van der Waals surface area (Å²) >= 11 is 0. The lowest BCUT2D eigenvalue weighted by atomic mass is 10.1. The number of hydrogen-bond acceptors (Lipinski definition) is 4. The van der Waals surface area contributed by atoms with Crippen molar-refractivity contribution in [3.8, 4) is 0 Å². The van der Waals surface area contributed by atoms with Gasteiger partial charge in [-0.3, -0.25) is 9.52 Å². The largest absolute Gasteiger partial charge is 0.338 e. The van der Waals surface area contributed by atoms with Crippen LogP contribution in [0.15, 0.2) is 47.4 Å². The monoisotopic (exact) mass is 411 g/mol. The van der Waals surface area contributed by atoms with Crippen molar-refractivity contribution in [3.05, 3.63) is 59.2 Å². The maximum atomic E-state index is 12.7. The average molecular weight is 412 g/mol. The number of carbonyl (C=O) groups is 1. The molecule has 0 aromatic heterocycles. The fraction of sp³-hybridized carbons (Fsp3) is 0.316. The number of nitrogens with one attached hydrogen (secondary N) is 1. The Bertz CT molecular complexity index is 916. The Kier molecular flexibility index (Phi) is 7.83. The lowest BCUT2D eigenvalue weighted by Crippen LogP contribution is -2.40. The summed E-state index contributed by atoms with van der Waals surface area (Å²) in [5.74, 6) is -0.256. The van der Waals surface area contributed by atoms with Gasteiger partial charge >= 0.3 is 0 Å². The molecule has 148 valence electrons. The molecule has 0 radical (unpaired) electrons. The van der Waals surface area contributed by atoms with E-state index >= 15 is 0 Å². The van der Waals surface area contributed by atoms with Gasteiger partial charge in [-0.05, 0) is 56.2 Å². The second kappa shape index (κ2) is 9.21. The minimum Gasteiger partial charge on any atom is -0.338 e. The summed E-state index contributed by atoms with van der Waals surface area (Å²) in [6.07, 6.45) is 0. The third-order valence-electron chi connectivity index (χ3n) is 4.34. The molecule has 1 unspecified atom stereocenters. The number of carbonyl (C=O) groups excluding carboxylic acids is 1. The molecule has 0 aliphatic heterocycles. The van der Waals surface area contributed by atoms with Crippen LogP contribution in [0.4, 0.5) is 5.69 Å². The van der Waals surface area contributed by atoms with E-state index in [2.05, 4.69) is 4.72 Å². The van der Waals surface area contributed by atoms with Crippen LogP contribution in [0.3, 0.4) is 0 Å². The van der Waals surface area contributed by atoms with E-state index in [0.717, 1.165) is 5.56 Å². The van der Waals surface area contributed by atoms with Crippen molar-refractivity contribution < 1.29 is 13.2 Å². The summed E-state index contributed by atoms with van der Waals surface area (Å²) in [6.45, 7) is 5.83. The highest BCUT2D eigenvalue weighted by molar-refractivity contribution is 7.92. The molecule has 0 saturated heterocycles. The van der Waals surface area contributed by atoms with Crippen molar-refractivity contribution >= 4 is 34.0 Å². The molecule has 0 aliphatic carbocycles. The predicted octanol–water partition coefficient (Wildman–Crippen LogP) is 2.95. The molecule has 0 bridgehead atoms. The van der Waals surface area contributed by atoms with Crippen molar-refractivity contribution in [2.24, 2.45) is 5.73 Å². The number of amides is 1. The lowest BCUT2D eigenvalue weighted by Gasteiger charge is -2.24. The molecular formula is C19H26ClN3O3S. The molecule has 0 heterocycles. The molecular weight excluding hydrogens is 386 g/mol. The number of anilines is 1. The second-order valence-electron chi connectivity index (χ2n) is 6.45. The van der Waals surface area contributed by atoms with Crippen molar-refractivity contribution in [2.75, 3.05) is 18.3 Å². The Morgan fingerprint density at radius 3 is 2.44 bits per heavy atom.